The van der Waals surface area contributed by atoms with E-state index in [9.17, 15) is 9.59 Å². The van der Waals surface area contributed by atoms with Crippen LogP contribution >= 0.6 is 11.3 Å². The molecule has 1 aliphatic heterocycles. The van der Waals surface area contributed by atoms with Crippen LogP contribution in [0.1, 0.15) is 62.9 Å². The number of thiazole rings is 1. The maximum Gasteiger partial charge on any atom is 0.340 e. The molecule has 29 heavy (non-hydrogen) atoms. The van der Waals surface area contributed by atoms with Gasteiger partial charge in [0.25, 0.3) is 0 Å². The lowest BCUT2D eigenvalue weighted by molar-refractivity contribution is 0.0525. The number of hydrogen-bond acceptors (Lipinski definition) is 6. The van der Waals surface area contributed by atoms with Crippen molar-refractivity contribution in [3.8, 4) is 0 Å². The molecule has 0 saturated carbocycles. The monoisotopic (exact) mass is 411 g/mol. The third kappa shape index (κ3) is 3.72. The molecule has 3 heterocycles. The Bertz CT molecular complexity index is 1040. The van der Waals surface area contributed by atoms with E-state index in [0.29, 0.717) is 35.7 Å². The number of benzene rings is 1. The predicted molar refractivity (Wildman–Crippen MR) is 114 cm³/mol. The van der Waals surface area contributed by atoms with Gasteiger partial charge in [-0.3, -0.25) is 9.69 Å². The zero-order valence-electron chi connectivity index (χ0n) is 16.9. The number of nitrogens with zero attached hydrogens (tertiary/aromatic N) is 2. The standard InChI is InChI=1S/C22H25N3O3S/c1-4-28-22(27)19-13(2)20(23-14(19)3)17(26)12-25-11-7-9-16(25)21-24-15-8-5-6-10-18(15)29-21/h5-6,8,10,16,23H,4,7,9,11-12H2,1-3H3. The number of rotatable bonds is 6. The highest BCUT2D eigenvalue weighted by molar-refractivity contribution is 7.18. The molecular formula is C22H25N3O3S. The van der Waals surface area contributed by atoms with Crippen LogP contribution in [0, 0.1) is 13.8 Å². The van der Waals surface area contributed by atoms with E-state index in [4.69, 9.17) is 9.72 Å². The Hall–Kier alpha value is -2.51. The molecule has 0 bridgehead atoms. The summed E-state index contributed by atoms with van der Waals surface area (Å²) in [4.78, 5) is 35.4. The summed E-state index contributed by atoms with van der Waals surface area (Å²) in [5, 5.41) is 1.07. The fourth-order valence-electron chi connectivity index (χ4n) is 4.13. The van der Waals surface area contributed by atoms with Crippen LogP contribution in [-0.2, 0) is 4.74 Å². The smallest absolute Gasteiger partial charge is 0.340 e. The maximum absolute atomic E-state index is 13.1. The third-order valence-corrected chi connectivity index (χ3v) is 6.64. The van der Waals surface area contributed by atoms with E-state index in [1.165, 1.54) is 4.70 Å². The van der Waals surface area contributed by atoms with Gasteiger partial charge in [0.15, 0.2) is 5.78 Å². The van der Waals surface area contributed by atoms with Crippen molar-refractivity contribution >= 4 is 33.3 Å². The molecule has 6 nitrogen and oxygen atoms in total. The number of aromatic nitrogens is 2. The van der Waals surface area contributed by atoms with Crippen LogP contribution in [0.3, 0.4) is 0 Å². The van der Waals surface area contributed by atoms with Gasteiger partial charge >= 0.3 is 5.97 Å². The molecule has 7 heteroatoms. The molecule has 1 N–H and O–H groups in total. The topological polar surface area (TPSA) is 75.3 Å². The van der Waals surface area contributed by atoms with Crippen LogP contribution in [0.5, 0.6) is 0 Å². The summed E-state index contributed by atoms with van der Waals surface area (Å²) in [6, 6.07) is 8.30. The minimum Gasteiger partial charge on any atom is -0.462 e. The Morgan fingerprint density at radius 2 is 2.10 bits per heavy atom. The van der Waals surface area contributed by atoms with E-state index in [1.807, 2.05) is 18.2 Å². The first-order chi connectivity index (χ1) is 14.0. The SMILES string of the molecule is CCOC(=O)c1c(C)[nH]c(C(=O)CN2CCCC2c2nc3ccccc3s2)c1C. The molecule has 1 aromatic carbocycles. The Balaban J connectivity index is 1.55. The zero-order chi connectivity index (χ0) is 20.5. The molecule has 1 saturated heterocycles. The summed E-state index contributed by atoms with van der Waals surface area (Å²) >= 11 is 1.71. The number of aryl methyl sites for hydroxylation is 1. The van der Waals surface area contributed by atoms with Crippen molar-refractivity contribution in [1.82, 2.24) is 14.9 Å². The Kier molecular flexibility index (Phi) is 5.52. The van der Waals surface area contributed by atoms with Crippen LogP contribution < -0.4 is 0 Å². The summed E-state index contributed by atoms with van der Waals surface area (Å²) in [6.07, 6.45) is 2.05. The Labute approximate surface area is 173 Å². The fraction of sp³-hybridized carbons (Fsp3) is 0.409. The number of ether oxygens (including phenoxy) is 1. The minimum absolute atomic E-state index is 0.00541. The molecule has 1 fully saturated rings. The van der Waals surface area contributed by atoms with Crippen molar-refractivity contribution in [3.05, 3.63) is 51.8 Å². The van der Waals surface area contributed by atoms with Gasteiger partial charge in [-0.25, -0.2) is 9.78 Å². The maximum atomic E-state index is 13.1. The van der Waals surface area contributed by atoms with Crippen LogP contribution in [0.4, 0.5) is 0 Å². The number of likely N-dealkylation sites (tertiary alicyclic amines) is 1. The van der Waals surface area contributed by atoms with Gasteiger partial charge < -0.3 is 9.72 Å². The highest BCUT2D eigenvalue weighted by Gasteiger charge is 2.31. The van der Waals surface area contributed by atoms with E-state index in [0.717, 1.165) is 29.9 Å². The quantitative estimate of drug-likeness (QED) is 0.479. The molecule has 3 aromatic rings. The van der Waals surface area contributed by atoms with Gasteiger partial charge in [0.05, 0.1) is 40.7 Å². The van der Waals surface area contributed by atoms with Crippen molar-refractivity contribution in [1.29, 1.82) is 0 Å². The van der Waals surface area contributed by atoms with Gasteiger partial charge in [-0.2, -0.15) is 0 Å². The average molecular weight is 412 g/mol. The van der Waals surface area contributed by atoms with Gasteiger partial charge in [0.1, 0.15) is 5.01 Å². The predicted octanol–water partition coefficient (Wildman–Crippen LogP) is 4.44. The van der Waals surface area contributed by atoms with Crippen LogP contribution in [0.25, 0.3) is 10.2 Å². The summed E-state index contributed by atoms with van der Waals surface area (Å²) < 4.78 is 6.31. The van der Waals surface area contributed by atoms with Crippen molar-refractivity contribution in [2.75, 3.05) is 19.7 Å². The highest BCUT2D eigenvalue weighted by atomic mass is 32.1. The molecular weight excluding hydrogens is 386 g/mol. The number of carbonyl (C=O) groups is 2. The van der Waals surface area contributed by atoms with Gasteiger partial charge in [0.2, 0.25) is 0 Å². The molecule has 0 aliphatic carbocycles. The number of hydrogen-bond donors (Lipinski definition) is 1. The van der Waals surface area contributed by atoms with E-state index >= 15 is 0 Å². The third-order valence-electron chi connectivity index (χ3n) is 5.50. The first-order valence-corrected chi connectivity index (χ1v) is 10.8. The molecule has 0 radical (unpaired) electrons. The lowest BCUT2D eigenvalue weighted by Crippen LogP contribution is -2.30. The largest absolute Gasteiger partial charge is 0.462 e. The summed E-state index contributed by atoms with van der Waals surface area (Å²) in [7, 11) is 0. The molecule has 1 aliphatic rings. The van der Waals surface area contributed by atoms with Gasteiger partial charge in [-0.15, -0.1) is 11.3 Å². The first-order valence-electron chi connectivity index (χ1n) is 9.98. The lowest BCUT2D eigenvalue weighted by atomic mass is 10.1. The second-order valence-electron chi connectivity index (χ2n) is 7.42. The van der Waals surface area contributed by atoms with Crippen molar-refractivity contribution in [2.45, 2.75) is 39.7 Å². The number of esters is 1. The van der Waals surface area contributed by atoms with Gasteiger partial charge in [-0.1, -0.05) is 12.1 Å². The second-order valence-corrected chi connectivity index (χ2v) is 8.48. The number of carbonyl (C=O) groups excluding carboxylic acids is 2. The van der Waals surface area contributed by atoms with E-state index in [1.54, 1.807) is 32.1 Å². The number of nitrogens with one attached hydrogen (secondary N) is 1. The van der Waals surface area contributed by atoms with Crippen molar-refractivity contribution < 1.29 is 14.3 Å². The number of fused-ring (bicyclic) bond motifs is 1. The number of Topliss-reactive ketones (excluding diaryl/α,β-unsaturated/α-hetero) is 1. The number of para-hydroxylation sites is 1. The highest BCUT2D eigenvalue weighted by Crippen LogP contribution is 2.36. The Morgan fingerprint density at radius 1 is 1.31 bits per heavy atom. The second kappa shape index (κ2) is 8.08. The average Bonchev–Trinajstić information content (AvgIpc) is 3.38. The van der Waals surface area contributed by atoms with Crippen molar-refractivity contribution in [2.24, 2.45) is 0 Å². The van der Waals surface area contributed by atoms with Crippen LogP contribution in [-0.4, -0.2) is 46.3 Å². The zero-order valence-corrected chi connectivity index (χ0v) is 17.8. The number of H-pyrrole nitrogens is 1. The van der Waals surface area contributed by atoms with Crippen LogP contribution in [0.2, 0.25) is 0 Å². The van der Waals surface area contributed by atoms with Gasteiger partial charge in [-0.05, 0) is 57.9 Å². The summed E-state index contributed by atoms with van der Waals surface area (Å²) in [5.41, 5.74) is 3.33. The molecule has 0 amide bonds. The van der Waals surface area contributed by atoms with Crippen molar-refractivity contribution in [3.63, 3.8) is 0 Å². The van der Waals surface area contributed by atoms with E-state index < -0.39 is 0 Å². The molecule has 1 unspecified atom stereocenters. The molecule has 0 spiro atoms. The van der Waals surface area contributed by atoms with E-state index in [2.05, 4.69) is 16.0 Å². The molecule has 1 atom stereocenters. The number of aromatic amines is 1. The Morgan fingerprint density at radius 3 is 2.86 bits per heavy atom. The fourth-order valence-corrected chi connectivity index (χ4v) is 5.27. The van der Waals surface area contributed by atoms with Gasteiger partial charge in [0, 0.05) is 5.69 Å². The van der Waals surface area contributed by atoms with Crippen LogP contribution in [0.15, 0.2) is 24.3 Å². The first kappa shape index (κ1) is 19.8. The minimum atomic E-state index is -0.383. The number of ketones is 1. The summed E-state index contributed by atoms with van der Waals surface area (Å²) in [6.45, 7) is 6.87. The normalized spacial score (nSPS) is 17.1. The molecule has 152 valence electrons. The van der Waals surface area contributed by atoms with E-state index in [-0.39, 0.29) is 17.8 Å². The molecule has 4 rings (SSSR count). The lowest BCUT2D eigenvalue weighted by Gasteiger charge is -2.21. The molecule has 2 aromatic heterocycles. The summed E-state index contributed by atoms with van der Waals surface area (Å²) in [5.74, 6) is -0.388.